The summed E-state index contributed by atoms with van der Waals surface area (Å²) in [4.78, 5) is 0. The molecule has 12 heavy (non-hydrogen) atoms. The highest BCUT2D eigenvalue weighted by Gasteiger charge is 2.54. The van der Waals surface area contributed by atoms with Crippen LogP contribution in [0.1, 0.15) is 48.0 Å². The highest BCUT2D eigenvalue weighted by Crippen LogP contribution is 2.62. The summed E-state index contributed by atoms with van der Waals surface area (Å²) < 4.78 is 0. The highest BCUT2D eigenvalue weighted by molar-refractivity contribution is 5.03. The first kappa shape index (κ1) is 10.1. The number of hydrogen-bond donors (Lipinski definition) is 0. The smallest absolute Gasteiger partial charge is 0.0264 e. The summed E-state index contributed by atoms with van der Waals surface area (Å²) in [7, 11) is 0. The van der Waals surface area contributed by atoms with Crippen molar-refractivity contribution in [1.82, 2.24) is 0 Å². The molecule has 0 aromatic heterocycles. The number of hydrogen-bond acceptors (Lipinski definition) is 0. The summed E-state index contributed by atoms with van der Waals surface area (Å²) in [5, 5.41) is 0. The lowest BCUT2D eigenvalue weighted by Gasteiger charge is -2.25. The highest BCUT2D eigenvalue weighted by atomic mass is 14.6. The molecule has 1 aliphatic carbocycles. The van der Waals surface area contributed by atoms with Crippen molar-refractivity contribution < 1.29 is 0 Å². The van der Waals surface area contributed by atoms with Crippen LogP contribution in [0.25, 0.3) is 0 Å². The van der Waals surface area contributed by atoms with E-state index >= 15 is 0 Å². The van der Waals surface area contributed by atoms with E-state index in [0.29, 0.717) is 5.41 Å². The van der Waals surface area contributed by atoms with E-state index in [1.807, 2.05) is 0 Å². The van der Waals surface area contributed by atoms with Crippen LogP contribution in [0.3, 0.4) is 0 Å². The molecule has 0 N–H and O–H groups in total. The lowest BCUT2D eigenvalue weighted by atomic mass is 9.80. The van der Waals surface area contributed by atoms with Gasteiger partial charge in [-0.3, -0.25) is 0 Å². The standard InChI is InChI=1S/C12H24/c1-8(2)10(5)12(6)7-11(12)9(3)4/h8-11H,7H2,1-6H3. The molecule has 0 aromatic carbocycles. The van der Waals surface area contributed by atoms with Crippen LogP contribution in [0.2, 0.25) is 0 Å². The first-order chi connectivity index (χ1) is 5.39. The Hall–Kier alpha value is 0. The molecule has 0 amide bonds. The molecule has 1 fully saturated rings. The summed E-state index contributed by atoms with van der Waals surface area (Å²) in [6, 6.07) is 0. The predicted molar refractivity (Wildman–Crippen MR) is 55.1 cm³/mol. The van der Waals surface area contributed by atoms with Crippen molar-refractivity contribution >= 4 is 0 Å². The summed E-state index contributed by atoms with van der Waals surface area (Å²) in [5.74, 6) is 3.62. The number of rotatable bonds is 3. The molecule has 3 atom stereocenters. The second kappa shape index (κ2) is 3.05. The fraction of sp³-hybridized carbons (Fsp3) is 1.00. The molecule has 0 bridgehead atoms. The van der Waals surface area contributed by atoms with Gasteiger partial charge in [-0.1, -0.05) is 41.5 Å². The van der Waals surface area contributed by atoms with E-state index in [2.05, 4.69) is 41.5 Å². The topological polar surface area (TPSA) is 0 Å². The Morgan fingerprint density at radius 2 is 1.58 bits per heavy atom. The lowest BCUT2D eigenvalue weighted by molar-refractivity contribution is 0.236. The van der Waals surface area contributed by atoms with Crippen LogP contribution >= 0.6 is 0 Å². The zero-order chi connectivity index (χ0) is 9.52. The Labute approximate surface area is 77.7 Å². The Balaban J connectivity index is 2.54. The van der Waals surface area contributed by atoms with E-state index in [1.165, 1.54) is 6.42 Å². The van der Waals surface area contributed by atoms with Crippen LogP contribution in [-0.2, 0) is 0 Å². The van der Waals surface area contributed by atoms with Crippen LogP contribution in [0.4, 0.5) is 0 Å². The Bertz CT molecular complexity index is 157. The molecule has 0 saturated heterocycles. The van der Waals surface area contributed by atoms with Crippen molar-refractivity contribution in [1.29, 1.82) is 0 Å². The minimum absolute atomic E-state index is 0.669. The van der Waals surface area contributed by atoms with Gasteiger partial charge in [0.15, 0.2) is 0 Å². The Kier molecular flexibility index (Phi) is 2.56. The van der Waals surface area contributed by atoms with E-state index in [9.17, 15) is 0 Å². The molecule has 0 radical (unpaired) electrons. The predicted octanol–water partition coefficient (Wildman–Crippen LogP) is 3.96. The van der Waals surface area contributed by atoms with E-state index in [4.69, 9.17) is 0 Å². The molecular formula is C12H24. The fourth-order valence-electron chi connectivity index (χ4n) is 2.70. The van der Waals surface area contributed by atoms with E-state index in [-0.39, 0.29) is 0 Å². The van der Waals surface area contributed by atoms with Gasteiger partial charge in [-0.2, -0.15) is 0 Å². The molecule has 3 unspecified atom stereocenters. The minimum Gasteiger partial charge on any atom is -0.0625 e. The zero-order valence-corrected chi connectivity index (χ0v) is 9.52. The van der Waals surface area contributed by atoms with Gasteiger partial charge in [-0.25, -0.2) is 0 Å². The van der Waals surface area contributed by atoms with Gasteiger partial charge in [-0.05, 0) is 35.5 Å². The monoisotopic (exact) mass is 168 g/mol. The van der Waals surface area contributed by atoms with Gasteiger partial charge in [0.05, 0.1) is 0 Å². The van der Waals surface area contributed by atoms with Gasteiger partial charge in [0.2, 0.25) is 0 Å². The van der Waals surface area contributed by atoms with Crippen LogP contribution in [0.5, 0.6) is 0 Å². The molecule has 1 rings (SSSR count). The lowest BCUT2D eigenvalue weighted by Crippen LogP contribution is -2.18. The Morgan fingerprint density at radius 1 is 1.08 bits per heavy atom. The summed E-state index contributed by atoms with van der Waals surface area (Å²) in [6.45, 7) is 14.3. The first-order valence-corrected chi connectivity index (χ1v) is 5.39. The average molecular weight is 168 g/mol. The van der Waals surface area contributed by atoms with E-state index < -0.39 is 0 Å². The van der Waals surface area contributed by atoms with Gasteiger partial charge in [0.1, 0.15) is 0 Å². The van der Waals surface area contributed by atoms with Gasteiger partial charge < -0.3 is 0 Å². The summed E-state index contributed by atoms with van der Waals surface area (Å²) in [6.07, 6.45) is 1.46. The van der Waals surface area contributed by atoms with Crippen molar-refractivity contribution in [3.05, 3.63) is 0 Å². The zero-order valence-electron chi connectivity index (χ0n) is 9.52. The maximum Gasteiger partial charge on any atom is -0.0264 e. The molecule has 0 spiro atoms. The van der Waals surface area contributed by atoms with E-state index in [1.54, 1.807) is 0 Å². The molecule has 0 aromatic rings. The Morgan fingerprint density at radius 3 is 1.83 bits per heavy atom. The van der Waals surface area contributed by atoms with Gasteiger partial charge in [0.25, 0.3) is 0 Å². The molecule has 0 heterocycles. The van der Waals surface area contributed by atoms with Crippen molar-refractivity contribution in [2.45, 2.75) is 48.0 Å². The van der Waals surface area contributed by atoms with Gasteiger partial charge in [-0.15, -0.1) is 0 Å². The van der Waals surface area contributed by atoms with Crippen molar-refractivity contribution in [3.63, 3.8) is 0 Å². The average Bonchev–Trinajstić information content (AvgIpc) is 2.62. The van der Waals surface area contributed by atoms with Gasteiger partial charge in [0, 0.05) is 0 Å². The normalized spacial score (nSPS) is 37.5. The molecule has 72 valence electrons. The molecule has 1 saturated carbocycles. The maximum atomic E-state index is 2.47. The van der Waals surface area contributed by atoms with Crippen LogP contribution in [0.15, 0.2) is 0 Å². The first-order valence-electron chi connectivity index (χ1n) is 5.39. The third-order valence-corrected chi connectivity index (χ3v) is 4.19. The fourth-order valence-corrected chi connectivity index (χ4v) is 2.70. The minimum atomic E-state index is 0.669. The summed E-state index contributed by atoms with van der Waals surface area (Å²) in [5.41, 5.74) is 0.669. The second-order valence-electron chi connectivity index (χ2n) is 5.59. The quantitative estimate of drug-likeness (QED) is 0.598. The second-order valence-corrected chi connectivity index (χ2v) is 5.59. The third-order valence-electron chi connectivity index (χ3n) is 4.19. The molecule has 1 aliphatic rings. The molecule has 0 nitrogen and oxygen atoms in total. The van der Waals surface area contributed by atoms with Gasteiger partial charge >= 0.3 is 0 Å². The van der Waals surface area contributed by atoms with Crippen LogP contribution in [-0.4, -0.2) is 0 Å². The van der Waals surface area contributed by atoms with Crippen molar-refractivity contribution in [2.24, 2.45) is 29.1 Å². The maximum absolute atomic E-state index is 2.47. The van der Waals surface area contributed by atoms with Crippen molar-refractivity contribution in [3.8, 4) is 0 Å². The molecular weight excluding hydrogens is 144 g/mol. The SMILES string of the molecule is CC(C)C(C)C1(C)CC1C(C)C. The van der Waals surface area contributed by atoms with Crippen LogP contribution < -0.4 is 0 Å². The van der Waals surface area contributed by atoms with E-state index in [0.717, 1.165) is 23.7 Å². The summed E-state index contributed by atoms with van der Waals surface area (Å²) >= 11 is 0. The van der Waals surface area contributed by atoms with Crippen LogP contribution in [0, 0.1) is 29.1 Å². The molecule has 0 heteroatoms. The molecule has 0 aliphatic heterocycles. The largest absolute Gasteiger partial charge is 0.0625 e. The third kappa shape index (κ3) is 1.53. The van der Waals surface area contributed by atoms with Crippen molar-refractivity contribution in [2.75, 3.05) is 0 Å².